The van der Waals surface area contributed by atoms with Crippen LogP contribution >= 0.6 is 0 Å². The van der Waals surface area contributed by atoms with Gasteiger partial charge in [0.2, 0.25) is 0 Å². The van der Waals surface area contributed by atoms with Gasteiger partial charge in [0.25, 0.3) is 0 Å². The number of aliphatic hydroxyl groups excluding tert-OH is 2. The molecule has 0 aliphatic heterocycles. The summed E-state index contributed by atoms with van der Waals surface area (Å²) in [7, 11) is 0. The Morgan fingerprint density at radius 3 is 2.56 bits per heavy atom. The van der Waals surface area contributed by atoms with Gasteiger partial charge in [-0.25, -0.2) is 0 Å². The minimum atomic E-state index is -0.351. The predicted octanol–water partition coefficient (Wildman–Crippen LogP) is -1.55. The molecule has 9 heavy (non-hydrogen) atoms. The zero-order valence-corrected chi connectivity index (χ0v) is 5.59. The standard InChI is InChI=1S/C5H14N2O2/c1-5(9)4-7-6-2-3-8/h5-9H,2-4H2,1H3. The van der Waals surface area contributed by atoms with Crippen LogP contribution in [-0.2, 0) is 0 Å². The zero-order valence-electron chi connectivity index (χ0n) is 5.59. The number of hydrogen-bond donors (Lipinski definition) is 4. The number of nitrogens with one attached hydrogen (secondary N) is 2. The van der Waals surface area contributed by atoms with Crippen molar-refractivity contribution in [3.05, 3.63) is 0 Å². The lowest BCUT2D eigenvalue weighted by molar-refractivity contribution is 0.182. The lowest BCUT2D eigenvalue weighted by atomic mass is 10.4. The van der Waals surface area contributed by atoms with Gasteiger partial charge in [0.15, 0.2) is 0 Å². The molecule has 0 heterocycles. The third kappa shape index (κ3) is 7.84. The first-order valence-corrected chi connectivity index (χ1v) is 3.02. The smallest absolute Gasteiger partial charge is 0.0650 e. The summed E-state index contributed by atoms with van der Waals surface area (Å²) in [6.07, 6.45) is -0.351. The van der Waals surface area contributed by atoms with E-state index in [-0.39, 0.29) is 12.7 Å². The monoisotopic (exact) mass is 134 g/mol. The second kappa shape index (κ2) is 5.97. The van der Waals surface area contributed by atoms with Crippen molar-refractivity contribution in [3.8, 4) is 0 Å². The molecule has 0 aliphatic carbocycles. The minimum Gasteiger partial charge on any atom is -0.395 e. The van der Waals surface area contributed by atoms with Crippen molar-refractivity contribution in [1.82, 2.24) is 10.9 Å². The number of hydrogen-bond acceptors (Lipinski definition) is 4. The summed E-state index contributed by atoms with van der Waals surface area (Å²) in [5.41, 5.74) is 5.43. The summed E-state index contributed by atoms with van der Waals surface area (Å²) in [6.45, 7) is 2.80. The molecule has 4 heteroatoms. The molecule has 0 saturated heterocycles. The van der Waals surface area contributed by atoms with Crippen molar-refractivity contribution in [2.24, 2.45) is 0 Å². The first kappa shape index (κ1) is 8.84. The summed E-state index contributed by atoms with van der Waals surface area (Å²) in [5.74, 6) is 0. The van der Waals surface area contributed by atoms with Crippen LogP contribution < -0.4 is 10.9 Å². The Morgan fingerprint density at radius 1 is 1.44 bits per heavy atom. The highest BCUT2D eigenvalue weighted by Crippen LogP contribution is 1.70. The van der Waals surface area contributed by atoms with Crippen molar-refractivity contribution >= 4 is 0 Å². The molecule has 0 bridgehead atoms. The van der Waals surface area contributed by atoms with Gasteiger partial charge in [0.05, 0.1) is 12.7 Å². The highest BCUT2D eigenvalue weighted by atomic mass is 16.3. The molecule has 0 aromatic carbocycles. The maximum Gasteiger partial charge on any atom is 0.0650 e. The second-order valence-electron chi connectivity index (χ2n) is 1.88. The molecular weight excluding hydrogens is 120 g/mol. The highest BCUT2D eigenvalue weighted by Gasteiger charge is 1.90. The van der Waals surface area contributed by atoms with E-state index in [1.807, 2.05) is 0 Å². The first-order chi connectivity index (χ1) is 4.27. The van der Waals surface area contributed by atoms with Crippen LogP contribution in [0.5, 0.6) is 0 Å². The minimum absolute atomic E-state index is 0.104. The Hall–Kier alpha value is -0.160. The molecule has 0 saturated carbocycles. The summed E-state index contributed by atoms with van der Waals surface area (Å²) in [6, 6.07) is 0. The van der Waals surface area contributed by atoms with Crippen LogP contribution in [0.25, 0.3) is 0 Å². The molecule has 0 fully saturated rings. The van der Waals surface area contributed by atoms with Gasteiger partial charge in [0, 0.05) is 13.1 Å². The third-order valence-electron chi connectivity index (χ3n) is 0.759. The van der Waals surface area contributed by atoms with Gasteiger partial charge in [-0.05, 0) is 6.92 Å². The molecule has 1 atom stereocenters. The summed E-state index contributed by atoms with van der Waals surface area (Å²) in [4.78, 5) is 0. The SMILES string of the molecule is CC(O)CNNCCO. The lowest BCUT2D eigenvalue weighted by Gasteiger charge is -2.06. The first-order valence-electron chi connectivity index (χ1n) is 3.02. The Bertz CT molecular complexity index is 58.9. The zero-order chi connectivity index (χ0) is 7.11. The number of hydrazine groups is 1. The maximum atomic E-state index is 8.69. The summed E-state index contributed by atoms with van der Waals surface area (Å²) >= 11 is 0. The van der Waals surface area contributed by atoms with Gasteiger partial charge >= 0.3 is 0 Å². The fourth-order valence-corrected chi connectivity index (χ4v) is 0.364. The lowest BCUT2D eigenvalue weighted by Crippen LogP contribution is -2.38. The van der Waals surface area contributed by atoms with Crippen LogP contribution in [0, 0.1) is 0 Å². The van der Waals surface area contributed by atoms with E-state index >= 15 is 0 Å². The molecule has 1 unspecified atom stereocenters. The fraction of sp³-hybridized carbons (Fsp3) is 1.00. The van der Waals surface area contributed by atoms with Gasteiger partial charge in [-0.3, -0.25) is 10.9 Å². The van der Waals surface area contributed by atoms with E-state index in [1.165, 1.54) is 0 Å². The van der Waals surface area contributed by atoms with Crippen LogP contribution in [-0.4, -0.2) is 36.0 Å². The van der Waals surface area contributed by atoms with E-state index in [1.54, 1.807) is 6.92 Å². The number of rotatable bonds is 5. The van der Waals surface area contributed by atoms with Gasteiger partial charge in [0.1, 0.15) is 0 Å². The molecule has 0 aliphatic rings. The van der Waals surface area contributed by atoms with Gasteiger partial charge in [-0.1, -0.05) is 0 Å². The maximum absolute atomic E-state index is 8.69. The van der Waals surface area contributed by atoms with Crippen molar-refractivity contribution < 1.29 is 10.2 Å². The third-order valence-corrected chi connectivity index (χ3v) is 0.759. The summed E-state index contributed by atoms with van der Waals surface area (Å²) < 4.78 is 0. The molecule has 0 aromatic heterocycles. The predicted molar refractivity (Wildman–Crippen MR) is 34.8 cm³/mol. The molecule has 4 nitrogen and oxygen atoms in total. The second-order valence-corrected chi connectivity index (χ2v) is 1.88. The molecule has 0 radical (unpaired) electrons. The van der Waals surface area contributed by atoms with Crippen LogP contribution in [0.4, 0.5) is 0 Å². The molecule has 56 valence electrons. The van der Waals surface area contributed by atoms with Crippen molar-refractivity contribution in [2.45, 2.75) is 13.0 Å². The Balaban J connectivity index is 2.75. The molecule has 0 spiro atoms. The molecule has 0 aromatic rings. The van der Waals surface area contributed by atoms with Crippen LogP contribution in [0.15, 0.2) is 0 Å². The molecular formula is C5H14N2O2. The summed E-state index contributed by atoms with van der Waals surface area (Å²) in [5, 5.41) is 17.0. The average molecular weight is 134 g/mol. The van der Waals surface area contributed by atoms with E-state index in [0.717, 1.165) is 0 Å². The van der Waals surface area contributed by atoms with Crippen molar-refractivity contribution in [1.29, 1.82) is 0 Å². The van der Waals surface area contributed by atoms with Gasteiger partial charge < -0.3 is 10.2 Å². The molecule has 4 N–H and O–H groups in total. The molecule has 0 rings (SSSR count). The highest BCUT2D eigenvalue weighted by molar-refractivity contribution is 4.47. The normalized spacial score (nSPS) is 13.7. The Morgan fingerprint density at radius 2 is 2.11 bits per heavy atom. The molecule has 0 amide bonds. The van der Waals surface area contributed by atoms with Gasteiger partial charge in [-0.15, -0.1) is 0 Å². The quantitative estimate of drug-likeness (QED) is 0.272. The topological polar surface area (TPSA) is 64.5 Å². The van der Waals surface area contributed by atoms with Crippen LogP contribution in [0.3, 0.4) is 0 Å². The van der Waals surface area contributed by atoms with Crippen molar-refractivity contribution in [2.75, 3.05) is 19.7 Å². The van der Waals surface area contributed by atoms with E-state index in [4.69, 9.17) is 10.2 Å². The van der Waals surface area contributed by atoms with E-state index < -0.39 is 0 Å². The van der Waals surface area contributed by atoms with Crippen molar-refractivity contribution in [3.63, 3.8) is 0 Å². The van der Waals surface area contributed by atoms with E-state index in [2.05, 4.69) is 10.9 Å². The average Bonchev–Trinajstić information content (AvgIpc) is 1.80. The van der Waals surface area contributed by atoms with Crippen LogP contribution in [0.1, 0.15) is 6.92 Å². The fourth-order valence-electron chi connectivity index (χ4n) is 0.364. The Kier molecular flexibility index (Phi) is 5.86. The number of aliphatic hydroxyl groups is 2. The Labute approximate surface area is 54.9 Å². The van der Waals surface area contributed by atoms with E-state index in [0.29, 0.717) is 13.1 Å². The van der Waals surface area contributed by atoms with E-state index in [9.17, 15) is 0 Å². The van der Waals surface area contributed by atoms with Crippen LogP contribution in [0.2, 0.25) is 0 Å². The largest absolute Gasteiger partial charge is 0.395 e. The van der Waals surface area contributed by atoms with Gasteiger partial charge in [-0.2, -0.15) is 0 Å².